The van der Waals surface area contributed by atoms with Gasteiger partial charge in [-0.2, -0.15) is 4.31 Å². The number of aliphatic hydroxyl groups excluding tert-OH is 1. The van der Waals surface area contributed by atoms with E-state index in [1.807, 2.05) is 5.32 Å². The van der Waals surface area contributed by atoms with Crippen LogP contribution in [-0.4, -0.2) is 74.6 Å². The fourth-order valence-corrected chi connectivity index (χ4v) is 4.84. The molecule has 2 fully saturated rings. The van der Waals surface area contributed by atoms with E-state index >= 15 is 0 Å². The Morgan fingerprint density at radius 3 is 2.74 bits per heavy atom. The summed E-state index contributed by atoms with van der Waals surface area (Å²) >= 11 is 0. The number of carbonyl (C=O) groups is 1. The molecule has 0 spiro atoms. The number of nitrogens with one attached hydrogen (secondary N) is 1. The maximum atomic E-state index is 14.1. The Balaban J connectivity index is 1.80. The van der Waals surface area contributed by atoms with E-state index in [1.54, 1.807) is 6.07 Å². The van der Waals surface area contributed by atoms with Crippen LogP contribution in [0.4, 0.5) is 10.5 Å². The molecule has 0 unspecified atom stereocenters. The lowest BCUT2D eigenvalue weighted by Gasteiger charge is -2.31. The summed E-state index contributed by atoms with van der Waals surface area (Å²) in [6.07, 6.45) is -16.1. The first-order valence-corrected chi connectivity index (χ1v) is 12.6. The van der Waals surface area contributed by atoms with Crippen molar-refractivity contribution in [2.24, 2.45) is 11.8 Å². The molecule has 0 bridgehead atoms. The number of sulfonamides is 1. The maximum Gasteiger partial charge on any atom is 0.407 e. The zero-order chi connectivity index (χ0) is 42.2. The Labute approximate surface area is 248 Å². The van der Waals surface area contributed by atoms with Crippen LogP contribution in [-0.2, 0) is 30.7 Å². The summed E-state index contributed by atoms with van der Waals surface area (Å²) in [6, 6.07) is 9.57. The zero-order valence-corrected chi connectivity index (χ0v) is 20.5. The molecule has 4 rings (SSSR count). The highest BCUT2D eigenvalue weighted by Gasteiger charge is 2.44. The number of anilines is 1. The normalized spacial score (nSPS) is 40.2. The van der Waals surface area contributed by atoms with Crippen LogP contribution in [0.2, 0.25) is 0 Å². The monoisotopic (exact) mass is 564 g/mol. The van der Waals surface area contributed by atoms with E-state index in [1.165, 1.54) is 24.3 Å². The summed E-state index contributed by atoms with van der Waals surface area (Å²) in [5.74, 6) is -6.84. The van der Waals surface area contributed by atoms with Crippen molar-refractivity contribution in [3.8, 4) is 0 Å². The lowest BCUT2D eigenvalue weighted by atomic mass is 10.0. The first kappa shape index (κ1) is 13.6. The molecule has 0 radical (unpaired) electrons. The van der Waals surface area contributed by atoms with Gasteiger partial charge in [0.05, 0.1) is 44.3 Å². The molecule has 4 N–H and O–H groups in total. The number of nitrogens with zero attached hydrogens (tertiary/aromatic N) is 1. The van der Waals surface area contributed by atoms with Crippen molar-refractivity contribution in [1.82, 2.24) is 9.62 Å². The number of hydrogen-bond donors (Lipinski definition) is 3. The van der Waals surface area contributed by atoms with Crippen molar-refractivity contribution in [3.05, 3.63) is 60.2 Å². The van der Waals surface area contributed by atoms with Gasteiger partial charge in [0.25, 0.3) is 0 Å². The Hall–Kier alpha value is -2.70. The third kappa shape index (κ3) is 7.03. The van der Waals surface area contributed by atoms with Crippen LogP contribution >= 0.6 is 0 Å². The van der Waals surface area contributed by atoms with E-state index in [2.05, 4.69) is 4.74 Å². The highest BCUT2D eigenvalue weighted by atomic mass is 32.2. The van der Waals surface area contributed by atoms with Gasteiger partial charge in [-0.15, -0.1) is 0 Å². The molecule has 2 aliphatic rings. The highest BCUT2D eigenvalue weighted by molar-refractivity contribution is 7.89. The number of nitrogens with two attached hydrogens (primary N) is 1. The number of fused-ring (bicyclic) bond motifs is 1. The number of nitrogen functional groups attached to an aromatic ring is 1. The lowest BCUT2D eigenvalue weighted by Crippen LogP contribution is -2.51. The molecule has 10 nitrogen and oxygen atoms in total. The van der Waals surface area contributed by atoms with Crippen LogP contribution in [0.5, 0.6) is 0 Å². The molecule has 2 aliphatic heterocycles. The fourth-order valence-electron chi connectivity index (χ4n) is 3.52. The summed E-state index contributed by atoms with van der Waals surface area (Å²) < 4.78 is 181. The van der Waals surface area contributed by atoms with Crippen molar-refractivity contribution in [3.63, 3.8) is 0 Å². The average Bonchev–Trinajstić information content (AvgIpc) is 3.18. The Bertz CT molecular complexity index is 1840. The molecule has 2 heterocycles. The molecule has 0 saturated carbocycles. The van der Waals surface area contributed by atoms with Gasteiger partial charge in [0, 0.05) is 33.8 Å². The first-order valence-electron chi connectivity index (χ1n) is 19.6. The molecule has 2 aromatic carbocycles. The Morgan fingerprint density at radius 1 is 1.29 bits per heavy atom. The van der Waals surface area contributed by atoms with Crippen LogP contribution in [0.3, 0.4) is 0 Å². The molecule has 11 heteroatoms. The summed E-state index contributed by atoms with van der Waals surface area (Å²) in [5.41, 5.74) is 5.99. The van der Waals surface area contributed by atoms with E-state index in [0.717, 1.165) is 24.3 Å². The van der Waals surface area contributed by atoms with Crippen LogP contribution in [0.25, 0.3) is 0 Å². The quantitative estimate of drug-likeness (QED) is 0.354. The van der Waals surface area contributed by atoms with E-state index in [9.17, 15) is 18.3 Å². The Morgan fingerprint density at radius 2 is 2.03 bits per heavy atom. The van der Waals surface area contributed by atoms with Gasteiger partial charge in [-0.3, -0.25) is 0 Å². The summed E-state index contributed by atoms with van der Waals surface area (Å²) in [4.78, 5) is 12.8. The van der Waals surface area contributed by atoms with Gasteiger partial charge < -0.3 is 30.4 Å². The van der Waals surface area contributed by atoms with Crippen LogP contribution in [0.15, 0.2) is 59.5 Å². The minimum atomic E-state index is -5.30. The molecule has 2 saturated heterocycles. The van der Waals surface area contributed by atoms with Gasteiger partial charge in [-0.1, -0.05) is 44.0 Å². The van der Waals surface area contributed by atoms with Gasteiger partial charge >= 0.3 is 6.09 Å². The van der Waals surface area contributed by atoms with Crippen molar-refractivity contribution in [2.75, 3.05) is 31.9 Å². The lowest BCUT2D eigenvalue weighted by molar-refractivity contribution is -0.0907. The van der Waals surface area contributed by atoms with Gasteiger partial charge in [0.15, 0.2) is 6.27 Å². The number of ether oxygens (including phenoxy) is 3. The van der Waals surface area contributed by atoms with E-state index in [-0.39, 0.29) is 15.6 Å². The summed E-state index contributed by atoms with van der Waals surface area (Å²) in [5, 5.41) is 13.6. The molecule has 5 atom stereocenters. The summed E-state index contributed by atoms with van der Waals surface area (Å²) in [7, 11) is -5.30. The number of alkyl carbamates (subject to hydrolysis) is 1. The second-order valence-electron chi connectivity index (χ2n) is 8.09. The second-order valence-corrected chi connectivity index (χ2v) is 9.95. The predicted octanol–water partition coefficient (Wildman–Crippen LogP) is 2.38. The molecule has 2 aromatic rings. The van der Waals surface area contributed by atoms with Crippen LogP contribution in [0, 0.1) is 11.8 Å². The molecule has 1 amide bonds. The topological polar surface area (TPSA) is 140 Å². The number of aliphatic hydroxyl groups is 1. The SMILES string of the molecule is [2H]C([2H])([2H])C(C([2H])([2H])[2H])C([2H])([2H])N(C[C@@H](O)[C@H](Cc1ccccc1)NC(=O)O[C@@]1([2H])C([2H])([2H])O[C@@]2([2H])OC([2H])([2H])C([2H])([2H])[C@]21[2H])S(=O)(=O)c1ccc(N)cc1. The number of amides is 1. The molecular formula is C27H37N3O7S. The van der Waals surface area contributed by atoms with Crippen LogP contribution in [0.1, 0.15) is 48.9 Å². The van der Waals surface area contributed by atoms with E-state index in [4.69, 9.17) is 38.5 Å². The maximum absolute atomic E-state index is 14.1. The number of benzene rings is 2. The minimum Gasteiger partial charge on any atom is -0.443 e. The van der Waals surface area contributed by atoms with E-state index in [0.29, 0.717) is 0 Å². The smallest absolute Gasteiger partial charge is 0.407 e. The predicted molar refractivity (Wildman–Crippen MR) is 142 cm³/mol. The van der Waals surface area contributed by atoms with Crippen molar-refractivity contribution < 1.29 is 55.8 Å². The first-order chi connectivity index (χ1) is 24.6. The molecule has 208 valence electrons. The number of hydrogen-bond acceptors (Lipinski definition) is 8. The minimum absolute atomic E-state index is 0.0525. The van der Waals surface area contributed by atoms with E-state index < -0.39 is 110 Å². The van der Waals surface area contributed by atoms with Crippen molar-refractivity contribution in [2.45, 2.75) is 55.9 Å². The van der Waals surface area contributed by atoms with Gasteiger partial charge in [0.2, 0.25) is 10.0 Å². The third-order valence-electron chi connectivity index (χ3n) is 5.34. The second kappa shape index (κ2) is 12.4. The highest BCUT2D eigenvalue weighted by Crippen LogP contribution is 2.33. The van der Waals surface area contributed by atoms with Crippen LogP contribution < -0.4 is 11.1 Å². The van der Waals surface area contributed by atoms with Gasteiger partial charge in [-0.05, 0) is 48.5 Å². The van der Waals surface area contributed by atoms with Crippen molar-refractivity contribution >= 4 is 21.8 Å². The molecule has 38 heavy (non-hydrogen) atoms. The third-order valence-corrected chi connectivity index (χ3v) is 7.04. The fraction of sp³-hybridized carbons (Fsp3) is 0.519. The van der Waals surface area contributed by atoms with Crippen molar-refractivity contribution in [1.29, 1.82) is 0 Å². The summed E-state index contributed by atoms with van der Waals surface area (Å²) in [6.45, 7) is -20.0. The Kier molecular flexibility index (Phi) is 4.44. The average molecular weight is 565 g/mol. The van der Waals surface area contributed by atoms with Gasteiger partial charge in [0.1, 0.15) is 6.08 Å². The standard InChI is InChI=1S/C27H37N3O7S/c1-18(2)15-30(38(33,34)21-10-8-20(28)9-11-21)16-24(31)23(14-19-6-4-3-5-7-19)29-27(32)37-25-17-36-26-22(25)12-13-35-26/h3-11,18,22-26,31H,12-17,28H2,1-2H3,(H,29,32)/t22-,23-,24+,25-,26+/m0/s1/i1D3,2D3,12D2,13D2,15D2,17D2,22D,25D,26D. The zero-order valence-electron chi connectivity index (χ0n) is 36.7. The number of carbonyl (C=O) groups excluding carboxylic acids is 1. The largest absolute Gasteiger partial charge is 0.443 e. The van der Waals surface area contributed by atoms with Gasteiger partial charge in [-0.25, -0.2) is 13.2 Å². The molecule has 0 aromatic heterocycles. The number of rotatable bonds is 11. The molecular weight excluding hydrogens is 510 g/mol. The molecule has 0 aliphatic carbocycles.